The van der Waals surface area contributed by atoms with Gasteiger partial charge < -0.3 is 5.11 Å². The number of thioether (sulfide) groups is 1. The zero-order valence-electron chi connectivity index (χ0n) is 9.86. The van der Waals surface area contributed by atoms with E-state index >= 15 is 0 Å². The first-order chi connectivity index (χ1) is 9.13. The van der Waals surface area contributed by atoms with Gasteiger partial charge in [0.2, 0.25) is 0 Å². The van der Waals surface area contributed by atoms with Gasteiger partial charge in [0, 0.05) is 23.5 Å². The standard InChI is InChI=1S/C11H9N3O2S3/c1-6-8(9(15)16)19-11(12-6)18-5-7-4-14-2-3-17-10(14)13-7/h2-4H,5H2,1H3,(H,15,16). The molecular weight excluding hydrogens is 302 g/mol. The summed E-state index contributed by atoms with van der Waals surface area (Å²) in [7, 11) is 0. The second-order valence-corrected chi connectivity index (χ2v) is 6.91. The van der Waals surface area contributed by atoms with Crippen LogP contribution in [0, 0.1) is 6.92 Å². The molecule has 0 amide bonds. The number of carboxylic acid groups (broad SMARTS) is 1. The first-order valence-corrected chi connectivity index (χ1v) is 8.06. The number of hydrogen-bond acceptors (Lipinski definition) is 6. The highest BCUT2D eigenvalue weighted by atomic mass is 32.2. The molecular formula is C11H9N3O2S3. The first kappa shape index (κ1) is 12.6. The lowest BCUT2D eigenvalue weighted by molar-refractivity contribution is 0.0701. The minimum Gasteiger partial charge on any atom is -0.477 e. The lowest BCUT2D eigenvalue weighted by Gasteiger charge is -1.92. The molecule has 3 heterocycles. The van der Waals surface area contributed by atoms with Gasteiger partial charge in [-0.15, -0.1) is 22.7 Å². The number of carboxylic acids is 1. The fourth-order valence-corrected chi connectivity index (χ4v) is 4.24. The Kier molecular flexibility index (Phi) is 3.29. The van der Waals surface area contributed by atoms with Crippen molar-refractivity contribution in [3.05, 3.63) is 34.0 Å². The van der Waals surface area contributed by atoms with Crippen LogP contribution >= 0.6 is 34.4 Å². The molecule has 19 heavy (non-hydrogen) atoms. The lowest BCUT2D eigenvalue weighted by Crippen LogP contribution is -1.94. The Labute approximate surface area is 121 Å². The van der Waals surface area contributed by atoms with Crippen LogP contribution in [0.1, 0.15) is 21.1 Å². The van der Waals surface area contributed by atoms with E-state index in [2.05, 4.69) is 9.97 Å². The van der Waals surface area contributed by atoms with Gasteiger partial charge in [0.25, 0.3) is 0 Å². The molecule has 98 valence electrons. The topological polar surface area (TPSA) is 67.5 Å². The van der Waals surface area contributed by atoms with E-state index in [4.69, 9.17) is 5.11 Å². The zero-order chi connectivity index (χ0) is 13.4. The third kappa shape index (κ3) is 2.51. The SMILES string of the molecule is Cc1nc(SCc2cn3ccsc3n2)sc1C(=O)O. The quantitative estimate of drug-likeness (QED) is 0.750. The molecule has 3 rings (SSSR count). The summed E-state index contributed by atoms with van der Waals surface area (Å²) in [5, 5.41) is 11.0. The second kappa shape index (κ2) is 4.95. The number of aromatic carboxylic acids is 1. The molecule has 5 nitrogen and oxygen atoms in total. The molecule has 0 atom stereocenters. The van der Waals surface area contributed by atoms with Crippen LogP contribution in [0.5, 0.6) is 0 Å². The van der Waals surface area contributed by atoms with Crippen molar-refractivity contribution in [2.45, 2.75) is 17.0 Å². The van der Waals surface area contributed by atoms with Crippen LogP contribution < -0.4 is 0 Å². The summed E-state index contributed by atoms with van der Waals surface area (Å²) in [5.74, 6) is -0.218. The number of thiazole rings is 2. The Balaban J connectivity index is 1.73. The number of imidazole rings is 1. The fourth-order valence-electron chi connectivity index (χ4n) is 1.61. The van der Waals surface area contributed by atoms with E-state index in [1.54, 1.807) is 18.3 Å². The first-order valence-electron chi connectivity index (χ1n) is 5.38. The third-order valence-corrected chi connectivity index (χ3v) is 5.55. The molecule has 0 spiro atoms. The van der Waals surface area contributed by atoms with Crippen LogP contribution in [0.2, 0.25) is 0 Å². The predicted octanol–water partition coefficient (Wildman–Crippen LogP) is 3.15. The van der Waals surface area contributed by atoms with E-state index in [1.807, 2.05) is 22.2 Å². The predicted molar refractivity (Wildman–Crippen MR) is 76.4 cm³/mol. The highest BCUT2D eigenvalue weighted by Crippen LogP contribution is 2.29. The van der Waals surface area contributed by atoms with Crippen molar-refractivity contribution < 1.29 is 9.90 Å². The number of hydrogen-bond donors (Lipinski definition) is 1. The van der Waals surface area contributed by atoms with Gasteiger partial charge in [-0.05, 0) is 6.92 Å². The molecule has 3 aromatic rings. The van der Waals surface area contributed by atoms with Gasteiger partial charge in [-0.3, -0.25) is 4.40 Å². The Morgan fingerprint density at radius 1 is 1.53 bits per heavy atom. The molecule has 0 aliphatic rings. The molecule has 1 N–H and O–H groups in total. The van der Waals surface area contributed by atoms with E-state index in [0.29, 0.717) is 16.3 Å². The molecule has 0 fully saturated rings. The van der Waals surface area contributed by atoms with E-state index in [9.17, 15) is 4.79 Å². The maximum absolute atomic E-state index is 10.9. The third-order valence-electron chi connectivity index (χ3n) is 2.46. The summed E-state index contributed by atoms with van der Waals surface area (Å²) in [6.45, 7) is 1.72. The van der Waals surface area contributed by atoms with Crippen LogP contribution in [0.25, 0.3) is 4.96 Å². The van der Waals surface area contributed by atoms with Gasteiger partial charge in [0.15, 0.2) is 9.30 Å². The summed E-state index contributed by atoms with van der Waals surface area (Å²) >= 11 is 4.33. The molecule has 0 unspecified atom stereocenters. The minimum absolute atomic E-state index is 0.313. The number of fused-ring (bicyclic) bond motifs is 1. The molecule has 0 aliphatic carbocycles. The number of nitrogens with zero attached hydrogens (tertiary/aromatic N) is 3. The zero-order valence-corrected chi connectivity index (χ0v) is 12.3. The van der Waals surface area contributed by atoms with Gasteiger partial charge in [-0.2, -0.15) is 0 Å². The molecule has 0 bridgehead atoms. The normalized spacial score (nSPS) is 11.2. The highest BCUT2D eigenvalue weighted by Gasteiger charge is 2.14. The van der Waals surface area contributed by atoms with Crippen LogP contribution in [0.15, 0.2) is 22.1 Å². The van der Waals surface area contributed by atoms with Gasteiger partial charge >= 0.3 is 5.97 Å². The van der Waals surface area contributed by atoms with Crippen molar-refractivity contribution >= 4 is 45.4 Å². The molecule has 0 aliphatic heterocycles. The van der Waals surface area contributed by atoms with E-state index in [0.717, 1.165) is 15.0 Å². The molecule has 0 saturated heterocycles. The van der Waals surface area contributed by atoms with E-state index in [-0.39, 0.29) is 0 Å². The van der Waals surface area contributed by atoms with Crippen LogP contribution in [-0.2, 0) is 5.75 Å². The van der Waals surface area contributed by atoms with E-state index < -0.39 is 5.97 Å². The van der Waals surface area contributed by atoms with Crippen molar-refractivity contribution in [2.75, 3.05) is 0 Å². The average molecular weight is 311 g/mol. The Hall–Kier alpha value is -1.38. The largest absolute Gasteiger partial charge is 0.477 e. The van der Waals surface area contributed by atoms with Crippen molar-refractivity contribution in [1.82, 2.24) is 14.4 Å². The van der Waals surface area contributed by atoms with Gasteiger partial charge in [-0.1, -0.05) is 11.8 Å². The molecule has 0 radical (unpaired) electrons. The van der Waals surface area contributed by atoms with Crippen LogP contribution in [-0.4, -0.2) is 25.4 Å². The summed E-state index contributed by atoms with van der Waals surface area (Å²) < 4.78 is 2.75. The van der Waals surface area contributed by atoms with Gasteiger partial charge in [0.1, 0.15) is 4.88 Å². The van der Waals surface area contributed by atoms with Crippen LogP contribution in [0.3, 0.4) is 0 Å². The number of aromatic nitrogens is 3. The van der Waals surface area contributed by atoms with Crippen molar-refractivity contribution in [3.8, 4) is 0 Å². The maximum Gasteiger partial charge on any atom is 0.347 e. The van der Waals surface area contributed by atoms with Gasteiger partial charge in [0.05, 0.1) is 11.4 Å². The number of carbonyl (C=O) groups is 1. The fraction of sp³-hybridized carbons (Fsp3) is 0.182. The maximum atomic E-state index is 10.9. The molecule has 3 aromatic heterocycles. The minimum atomic E-state index is -0.913. The second-order valence-electron chi connectivity index (χ2n) is 3.81. The summed E-state index contributed by atoms with van der Waals surface area (Å²) in [4.78, 5) is 21.0. The Morgan fingerprint density at radius 3 is 3.05 bits per heavy atom. The highest BCUT2D eigenvalue weighted by molar-refractivity contribution is 8.00. The Bertz CT molecular complexity index is 715. The smallest absolute Gasteiger partial charge is 0.347 e. The van der Waals surface area contributed by atoms with Crippen molar-refractivity contribution in [3.63, 3.8) is 0 Å². The molecule has 8 heteroatoms. The number of rotatable bonds is 4. The summed E-state index contributed by atoms with van der Waals surface area (Å²) in [6.07, 6.45) is 3.95. The van der Waals surface area contributed by atoms with Crippen molar-refractivity contribution in [1.29, 1.82) is 0 Å². The summed E-state index contributed by atoms with van der Waals surface area (Å²) in [5.41, 5.74) is 1.55. The monoisotopic (exact) mass is 311 g/mol. The van der Waals surface area contributed by atoms with Gasteiger partial charge in [-0.25, -0.2) is 14.8 Å². The molecule has 0 aromatic carbocycles. The van der Waals surface area contributed by atoms with E-state index in [1.165, 1.54) is 23.1 Å². The average Bonchev–Trinajstić information content (AvgIpc) is 2.99. The summed E-state index contributed by atoms with van der Waals surface area (Å²) in [6, 6.07) is 0. The van der Waals surface area contributed by atoms with Crippen LogP contribution in [0.4, 0.5) is 0 Å². The molecule has 0 saturated carbocycles. The number of aryl methyl sites for hydroxylation is 1. The Morgan fingerprint density at radius 2 is 2.37 bits per heavy atom. The lowest BCUT2D eigenvalue weighted by atomic mass is 10.4. The van der Waals surface area contributed by atoms with Crippen molar-refractivity contribution in [2.24, 2.45) is 0 Å².